The van der Waals surface area contributed by atoms with Crippen molar-refractivity contribution < 1.29 is 9.90 Å². The normalized spacial score (nSPS) is 12.4. The topological polar surface area (TPSA) is 66.6 Å². The molecular weight excluding hydrogens is 144 g/mol. The predicted molar refractivity (Wildman–Crippen MR) is 42.4 cm³/mol. The van der Waals surface area contributed by atoms with Crippen LogP contribution in [0.1, 0.15) is 13.8 Å². The van der Waals surface area contributed by atoms with Crippen LogP contribution in [0.3, 0.4) is 0 Å². The first-order valence-corrected chi connectivity index (χ1v) is 3.35. The maximum atomic E-state index is 11.0. The first-order valence-electron chi connectivity index (χ1n) is 3.35. The van der Waals surface area contributed by atoms with Crippen molar-refractivity contribution >= 4 is 5.91 Å². The van der Waals surface area contributed by atoms with E-state index in [1.165, 1.54) is 0 Å². The van der Waals surface area contributed by atoms with Gasteiger partial charge in [0.05, 0.1) is 12.6 Å². The molecule has 1 unspecified atom stereocenters. The Bertz CT molecular complexity index is 166. The van der Waals surface area contributed by atoms with Gasteiger partial charge < -0.3 is 5.11 Å². The van der Waals surface area contributed by atoms with Crippen LogP contribution in [-0.4, -0.2) is 28.7 Å². The summed E-state index contributed by atoms with van der Waals surface area (Å²) in [5, 5.41) is 9.80. The second-order valence-corrected chi connectivity index (χ2v) is 2.59. The van der Waals surface area contributed by atoms with E-state index in [1.807, 2.05) is 0 Å². The Hall–Kier alpha value is -0.870. The van der Waals surface area contributed by atoms with Crippen LogP contribution in [0.5, 0.6) is 0 Å². The van der Waals surface area contributed by atoms with E-state index >= 15 is 0 Å². The van der Waals surface area contributed by atoms with E-state index in [2.05, 4.69) is 6.58 Å². The van der Waals surface area contributed by atoms with Crippen LogP contribution in [0.2, 0.25) is 0 Å². The Labute approximate surface area is 66.3 Å². The Morgan fingerprint density at radius 1 is 1.82 bits per heavy atom. The van der Waals surface area contributed by atoms with Crippen molar-refractivity contribution in [1.82, 2.24) is 5.01 Å². The van der Waals surface area contributed by atoms with Crippen LogP contribution in [0, 0.1) is 0 Å². The Balaban J connectivity index is 3.93. The summed E-state index contributed by atoms with van der Waals surface area (Å²) in [5.74, 6) is 4.94. The summed E-state index contributed by atoms with van der Waals surface area (Å²) < 4.78 is 0. The fourth-order valence-corrected chi connectivity index (χ4v) is 0.613. The standard InChI is InChI=1S/C7H14N2O2/c1-5(2)7(11)9(8)4-6(3)10/h6,10H,1,4,8H2,2-3H3. The zero-order valence-corrected chi connectivity index (χ0v) is 6.87. The van der Waals surface area contributed by atoms with E-state index < -0.39 is 6.10 Å². The van der Waals surface area contributed by atoms with Crippen molar-refractivity contribution in [1.29, 1.82) is 0 Å². The second kappa shape index (κ2) is 4.10. The Kier molecular flexibility index (Phi) is 3.78. The SMILES string of the molecule is C=C(C)C(=O)N(N)CC(C)O. The van der Waals surface area contributed by atoms with Gasteiger partial charge in [-0.3, -0.25) is 9.80 Å². The summed E-state index contributed by atoms with van der Waals surface area (Å²) in [5.41, 5.74) is 0.369. The molecule has 0 rings (SSSR count). The summed E-state index contributed by atoms with van der Waals surface area (Å²) in [7, 11) is 0. The van der Waals surface area contributed by atoms with Crippen molar-refractivity contribution in [2.24, 2.45) is 5.84 Å². The Morgan fingerprint density at radius 3 is 2.55 bits per heavy atom. The molecule has 11 heavy (non-hydrogen) atoms. The third-order valence-electron chi connectivity index (χ3n) is 1.09. The third-order valence-corrected chi connectivity index (χ3v) is 1.09. The molecule has 1 atom stereocenters. The van der Waals surface area contributed by atoms with Crippen LogP contribution >= 0.6 is 0 Å². The maximum Gasteiger partial charge on any atom is 0.262 e. The highest BCUT2D eigenvalue weighted by molar-refractivity contribution is 5.91. The third kappa shape index (κ3) is 3.75. The smallest absolute Gasteiger partial charge is 0.262 e. The molecule has 0 fully saturated rings. The highest BCUT2D eigenvalue weighted by atomic mass is 16.3. The molecule has 0 aliphatic rings. The summed E-state index contributed by atoms with van der Waals surface area (Å²) in [6.45, 7) is 6.70. The van der Waals surface area contributed by atoms with Gasteiger partial charge in [0.1, 0.15) is 0 Å². The maximum absolute atomic E-state index is 11.0. The molecule has 4 heteroatoms. The molecule has 0 saturated heterocycles. The number of nitrogens with zero attached hydrogens (tertiary/aromatic N) is 1. The number of rotatable bonds is 3. The molecular formula is C7H14N2O2. The molecule has 0 aliphatic heterocycles. The quantitative estimate of drug-likeness (QED) is 0.255. The highest BCUT2D eigenvalue weighted by Crippen LogP contribution is 1.94. The van der Waals surface area contributed by atoms with Gasteiger partial charge in [0.15, 0.2) is 0 Å². The van der Waals surface area contributed by atoms with Crippen molar-refractivity contribution in [2.45, 2.75) is 20.0 Å². The predicted octanol–water partition coefficient (Wildman–Crippen LogP) is -0.354. The summed E-state index contributed by atoms with van der Waals surface area (Å²) >= 11 is 0. The molecule has 0 aromatic carbocycles. The lowest BCUT2D eigenvalue weighted by Crippen LogP contribution is -2.42. The number of carbonyl (C=O) groups is 1. The summed E-state index contributed by atoms with van der Waals surface area (Å²) in [6, 6.07) is 0. The van der Waals surface area contributed by atoms with Crippen molar-refractivity contribution in [2.75, 3.05) is 6.54 Å². The average molecular weight is 158 g/mol. The minimum absolute atomic E-state index is 0.131. The zero-order valence-electron chi connectivity index (χ0n) is 6.87. The van der Waals surface area contributed by atoms with E-state index in [0.717, 1.165) is 5.01 Å². The molecule has 0 aromatic heterocycles. The highest BCUT2D eigenvalue weighted by Gasteiger charge is 2.11. The van der Waals surface area contributed by atoms with E-state index in [0.29, 0.717) is 5.57 Å². The van der Waals surface area contributed by atoms with Gasteiger partial charge in [0, 0.05) is 5.57 Å². The number of amides is 1. The second-order valence-electron chi connectivity index (χ2n) is 2.59. The molecule has 64 valence electrons. The fourth-order valence-electron chi connectivity index (χ4n) is 0.613. The van der Waals surface area contributed by atoms with Crippen molar-refractivity contribution in [3.63, 3.8) is 0 Å². The lowest BCUT2D eigenvalue weighted by molar-refractivity contribution is -0.128. The minimum Gasteiger partial charge on any atom is -0.392 e. The monoisotopic (exact) mass is 158 g/mol. The molecule has 4 nitrogen and oxygen atoms in total. The zero-order chi connectivity index (χ0) is 9.02. The van der Waals surface area contributed by atoms with Crippen LogP contribution in [0.25, 0.3) is 0 Å². The number of nitrogens with two attached hydrogens (primary N) is 1. The van der Waals surface area contributed by atoms with Gasteiger partial charge in [0.25, 0.3) is 5.91 Å². The van der Waals surface area contributed by atoms with Crippen LogP contribution < -0.4 is 5.84 Å². The van der Waals surface area contributed by atoms with Crippen LogP contribution in [0.15, 0.2) is 12.2 Å². The number of carbonyl (C=O) groups excluding carboxylic acids is 1. The molecule has 0 bridgehead atoms. The lowest BCUT2D eigenvalue weighted by atomic mass is 10.3. The number of aliphatic hydroxyl groups excluding tert-OH is 1. The molecule has 0 spiro atoms. The molecule has 0 heterocycles. The van der Waals surface area contributed by atoms with E-state index in [4.69, 9.17) is 10.9 Å². The van der Waals surface area contributed by atoms with Crippen LogP contribution in [-0.2, 0) is 4.79 Å². The van der Waals surface area contributed by atoms with Gasteiger partial charge in [-0.05, 0) is 13.8 Å². The van der Waals surface area contributed by atoms with Gasteiger partial charge in [-0.1, -0.05) is 6.58 Å². The average Bonchev–Trinajstić information content (AvgIpc) is 1.84. The minimum atomic E-state index is -0.608. The van der Waals surface area contributed by atoms with Crippen molar-refractivity contribution in [3.8, 4) is 0 Å². The van der Waals surface area contributed by atoms with E-state index in [1.54, 1.807) is 13.8 Å². The fraction of sp³-hybridized carbons (Fsp3) is 0.571. The van der Waals surface area contributed by atoms with Gasteiger partial charge in [-0.15, -0.1) is 0 Å². The van der Waals surface area contributed by atoms with Crippen molar-refractivity contribution in [3.05, 3.63) is 12.2 Å². The molecule has 0 saturated carbocycles. The summed E-state index contributed by atoms with van der Waals surface area (Å²) in [4.78, 5) is 11.0. The van der Waals surface area contributed by atoms with Gasteiger partial charge in [0.2, 0.25) is 0 Å². The first kappa shape index (κ1) is 10.1. The number of hydrogen-bond acceptors (Lipinski definition) is 3. The number of hydrazine groups is 1. The Morgan fingerprint density at radius 2 is 2.27 bits per heavy atom. The molecule has 1 amide bonds. The first-order chi connectivity index (χ1) is 4.95. The van der Waals surface area contributed by atoms with E-state index in [9.17, 15) is 4.79 Å². The largest absolute Gasteiger partial charge is 0.392 e. The molecule has 0 aliphatic carbocycles. The number of hydrogen-bond donors (Lipinski definition) is 2. The van der Waals surface area contributed by atoms with Gasteiger partial charge in [-0.2, -0.15) is 0 Å². The van der Waals surface area contributed by atoms with Crippen LogP contribution in [0.4, 0.5) is 0 Å². The van der Waals surface area contributed by atoms with E-state index in [-0.39, 0.29) is 12.5 Å². The molecule has 0 aromatic rings. The van der Waals surface area contributed by atoms with Gasteiger partial charge in [-0.25, -0.2) is 5.84 Å². The summed E-state index contributed by atoms with van der Waals surface area (Å²) in [6.07, 6.45) is -0.608. The molecule has 3 N–H and O–H groups in total. The van der Waals surface area contributed by atoms with Gasteiger partial charge >= 0.3 is 0 Å². The lowest BCUT2D eigenvalue weighted by Gasteiger charge is -2.17. The number of aliphatic hydroxyl groups is 1. The molecule has 0 radical (unpaired) electrons.